The maximum Gasteiger partial charge on any atom is 0.225 e. The van der Waals surface area contributed by atoms with E-state index in [9.17, 15) is 9.59 Å². The first-order valence-electron chi connectivity index (χ1n) is 7.12. The predicted octanol–water partition coefficient (Wildman–Crippen LogP) is 0.941. The Morgan fingerprint density at radius 3 is 2.80 bits per heavy atom. The van der Waals surface area contributed by atoms with Gasteiger partial charge < -0.3 is 14.8 Å². The quantitative estimate of drug-likeness (QED) is 0.871. The average molecular weight is 277 g/mol. The van der Waals surface area contributed by atoms with Crippen LogP contribution in [0.25, 0.3) is 0 Å². The van der Waals surface area contributed by atoms with Gasteiger partial charge in [0.15, 0.2) is 0 Å². The standard InChI is InChI=1S/C15H23N3O2/c1-11(6-7-13-5-4-8-17(13)2)16-15(20)12-9-14(19)18(3)10-12/h4-5,8,11-12H,6-7,9-10H2,1-3H3,(H,16,20)/t11-,12-/m0/s1. The molecule has 1 aromatic rings. The SMILES string of the molecule is C[C@@H](CCc1cccn1C)NC(=O)[C@H]1CC(=O)N(C)C1. The Hall–Kier alpha value is -1.78. The number of nitrogens with zero attached hydrogens (tertiary/aromatic N) is 2. The van der Waals surface area contributed by atoms with Crippen molar-refractivity contribution in [1.29, 1.82) is 0 Å². The molecular weight excluding hydrogens is 254 g/mol. The van der Waals surface area contributed by atoms with Crippen molar-refractivity contribution in [3.63, 3.8) is 0 Å². The molecule has 1 saturated heterocycles. The number of rotatable bonds is 5. The number of aromatic nitrogens is 1. The van der Waals surface area contributed by atoms with Gasteiger partial charge in [-0.3, -0.25) is 9.59 Å². The Labute approximate surface area is 119 Å². The maximum atomic E-state index is 12.1. The number of likely N-dealkylation sites (tertiary alicyclic amines) is 1. The summed E-state index contributed by atoms with van der Waals surface area (Å²) in [6, 6.07) is 4.25. The van der Waals surface area contributed by atoms with Gasteiger partial charge in [0, 0.05) is 45.0 Å². The van der Waals surface area contributed by atoms with Gasteiger partial charge in [0.1, 0.15) is 0 Å². The van der Waals surface area contributed by atoms with E-state index in [-0.39, 0.29) is 23.8 Å². The van der Waals surface area contributed by atoms with Crippen LogP contribution in [0.1, 0.15) is 25.5 Å². The highest BCUT2D eigenvalue weighted by Gasteiger charge is 2.32. The summed E-state index contributed by atoms with van der Waals surface area (Å²) in [4.78, 5) is 25.1. The van der Waals surface area contributed by atoms with Crippen LogP contribution in [0, 0.1) is 5.92 Å². The molecule has 0 aromatic carbocycles. The fourth-order valence-electron chi connectivity index (χ4n) is 2.59. The lowest BCUT2D eigenvalue weighted by atomic mass is 10.1. The van der Waals surface area contributed by atoms with Crippen LogP contribution >= 0.6 is 0 Å². The van der Waals surface area contributed by atoms with Crippen LogP contribution in [0.15, 0.2) is 18.3 Å². The molecule has 1 aliphatic rings. The van der Waals surface area contributed by atoms with Crippen molar-refractivity contribution < 1.29 is 9.59 Å². The molecule has 0 radical (unpaired) electrons. The van der Waals surface area contributed by atoms with E-state index in [1.54, 1.807) is 11.9 Å². The predicted molar refractivity (Wildman–Crippen MR) is 77.1 cm³/mol. The molecule has 1 aromatic heterocycles. The van der Waals surface area contributed by atoms with Gasteiger partial charge in [-0.25, -0.2) is 0 Å². The molecule has 1 fully saturated rings. The molecule has 5 heteroatoms. The Morgan fingerprint density at radius 1 is 1.50 bits per heavy atom. The summed E-state index contributed by atoms with van der Waals surface area (Å²) in [6.07, 6.45) is 4.21. The van der Waals surface area contributed by atoms with Crippen LogP contribution in [0.5, 0.6) is 0 Å². The molecule has 2 atom stereocenters. The molecule has 1 aliphatic heterocycles. The molecule has 0 spiro atoms. The van der Waals surface area contributed by atoms with Gasteiger partial charge in [0.2, 0.25) is 11.8 Å². The van der Waals surface area contributed by atoms with Crippen LogP contribution in [-0.2, 0) is 23.1 Å². The monoisotopic (exact) mass is 277 g/mol. The summed E-state index contributed by atoms with van der Waals surface area (Å²) in [6.45, 7) is 2.55. The van der Waals surface area contributed by atoms with E-state index in [0.29, 0.717) is 13.0 Å². The second kappa shape index (κ2) is 6.11. The minimum atomic E-state index is -0.190. The number of aryl methyl sites for hydroxylation is 2. The molecule has 2 amide bonds. The molecule has 20 heavy (non-hydrogen) atoms. The third-order valence-electron chi connectivity index (χ3n) is 3.99. The van der Waals surface area contributed by atoms with E-state index >= 15 is 0 Å². The number of amides is 2. The van der Waals surface area contributed by atoms with E-state index in [4.69, 9.17) is 0 Å². The molecule has 0 bridgehead atoms. The number of hydrogen-bond donors (Lipinski definition) is 1. The first-order chi connectivity index (χ1) is 9.47. The largest absolute Gasteiger partial charge is 0.354 e. The van der Waals surface area contributed by atoms with Crippen molar-refractivity contribution in [2.75, 3.05) is 13.6 Å². The Morgan fingerprint density at radius 2 is 2.25 bits per heavy atom. The number of hydrogen-bond acceptors (Lipinski definition) is 2. The summed E-state index contributed by atoms with van der Waals surface area (Å²) >= 11 is 0. The van der Waals surface area contributed by atoms with Crippen LogP contribution in [0.4, 0.5) is 0 Å². The lowest BCUT2D eigenvalue weighted by Gasteiger charge is -2.17. The smallest absolute Gasteiger partial charge is 0.225 e. The highest BCUT2D eigenvalue weighted by atomic mass is 16.2. The molecule has 110 valence electrons. The normalized spacial score (nSPS) is 20.2. The van der Waals surface area contributed by atoms with Crippen LogP contribution < -0.4 is 5.32 Å². The molecule has 2 rings (SSSR count). The van der Waals surface area contributed by atoms with Gasteiger partial charge in [-0.2, -0.15) is 0 Å². The van der Waals surface area contributed by atoms with Gasteiger partial charge in [0.05, 0.1) is 5.92 Å². The van der Waals surface area contributed by atoms with Crippen LogP contribution in [-0.4, -0.2) is 40.9 Å². The second-order valence-corrected chi connectivity index (χ2v) is 5.73. The van der Waals surface area contributed by atoms with Crippen molar-refractivity contribution >= 4 is 11.8 Å². The van der Waals surface area contributed by atoms with Crippen molar-refractivity contribution in [1.82, 2.24) is 14.8 Å². The second-order valence-electron chi connectivity index (χ2n) is 5.73. The van der Waals surface area contributed by atoms with Gasteiger partial charge >= 0.3 is 0 Å². The fourth-order valence-corrected chi connectivity index (χ4v) is 2.59. The third-order valence-corrected chi connectivity index (χ3v) is 3.99. The summed E-state index contributed by atoms with van der Waals surface area (Å²) in [7, 11) is 3.77. The average Bonchev–Trinajstić information content (AvgIpc) is 2.94. The first-order valence-corrected chi connectivity index (χ1v) is 7.12. The van der Waals surface area contributed by atoms with E-state index in [1.165, 1.54) is 5.69 Å². The Bertz CT molecular complexity index is 495. The summed E-state index contributed by atoms with van der Waals surface area (Å²) in [5.74, 6) is -0.131. The number of nitrogens with one attached hydrogen (secondary N) is 1. The number of carbonyl (C=O) groups is 2. The van der Waals surface area contributed by atoms with Gasteiger partial charge in [-0.1, -0.05) is 0 Å². The van der Waals surface area contributed by atoms with Gasteiger partial charge in [0.25, 0.3) is 0 Å². The van der Waals surface area contributed by atoms with E-state index in [0.717, 1.165) is 12.8 Å². The van der Waals surface area contributed by atoms with Crippen molar-refractivity contribution in [2.24, 2.45) is 13.0 Å². The topological polar surface area (TPSA) is 54.3 Å². The van der Waals surface area contributed by atoms with Crippen LogP contribution in [0.2, 0.25) is 0 Å². The zero-order valence-corrected chi connectivity index (χ0v) is 12.4. The third kappa shape index (κ3) is 3.40. The van der Waals surface area contributed by atoms with E-state index < -0.39 is 0 Å². The van der Waals surface area contributed by atoms with Crippen LogP contribution in [0.3, 0.4) is 0 Å². The zero-order chi connectivity index (χ0) is 14.7. The summed E-state index contributed by atoms with van der Waals surface area (Å²) in [5.41, 5.74) is 1.27. The fraction of sp³-hybridized carbons (Fsp3) is 0.600. The Kier molecular flexibility index (Phi) is 4.47. The first kappa shape index (κ1) is 14.6. The van der Waals surface area contributed by atoms with E-state index in [1.807, 2.05) is 26.2 Å². The summed E-state index contributed by atoms with van der Waals surface area (Å²) < 4.78 is 2.10. The molecule has 0 aliphatic carbocycles. The molecule has 5 nitrogen and oxygen atoms in total. The van der Waals surface area contributed by atoms with Crippen molar-refractivity contribution in [2.45, 2.75) is 32.2 Å². The molecule has 1 N–H and O–H groups in total. The maximum absolute atomic E-state index is 12.1. The minimum absolute atomic E-state index is 0.00193. The lowest BCUT2D eigenvalue weighted by Crippen LogP contribution is -2.38. The van der Waals surface area contributed by atoms with E-state index in [2.05, 4.69) is 16.0 Å². The lowest BCUT2D eigenvalue weighted by molar-refractivity contribution is -0.128. The van der Waals surface area contributed by atoms with Gasteiger partial charge in [-0.15, -0.1) is 0 Å². The molecular formula is C15H23N3O2. The highest BCUT2D eigenvalue weighted by Crippen LogP contribution is 2.16. The van der Waals surface area contributed by atoms with Gasteiger partial charge in [-0.05, 0) is 31.9 Å². The minimum Gasteiger partial charge on any atom is -0.354 e. The Balaban J connectivity index is 1.77. The van der Waals surface area contributed by atoms with Crippen molar-refractivity contribution in [3.8, 4) is 0 Å². The highest BCUT2D eigenvalue weighted by molar-refractivity contribution is 5.89. The molecule has 0 saturated carbocycles. The zero-order valence-electron chi connectivity index (χ0n) is 12.4. The molecule has 0 unspecified atom stereocenters. The molecule has 2 heterocycles. The number of carbonyl (C=O) groups excluding carboxylic acids is 2. The van der Waals surface area contributed by atoms with Crippen molar-refractivity contribution in [3.05, 3.63) is 24.0 Å². The summed E-state index contributed by atoms with van der Waals surface area (Å²) in [5, 5.41) is 3.02.